The Morgan fingerprint density at radius 1 is 1.11 bits per heavy atom. The summed E-state index contributed by atoms with van der Waals surface area (Å²) in [5.74, 6) is 0.348. The first kappa shape index (κ1) is 17.9. The second-order valence-corrected chi connectivity index (χ2v) is 6.82. The number of hydrogen-bond acceptors (Lipinski definition) is 5. The highest BCUT2D eigenvalue weighted by atomic mass is 32.1. The van der Waals surface area contributed by atoms with Gasteiger partial charge in [0.05, 0.1) is 6.26 Å². The Labute approximate surface area is 166 Å². The maximum Gasteiger partial charge on any atom is 0.293 e. The number of oxazole rings is 1. The van der Waals surface area contributed by atoms with E-state index in [2.05, 4.69) is 21.7 Å². The molecule has 140 valence electrons. The third-order valence-electron chi connectivity index (χ3n) is 4.18. The standard InChI is InChI=1S/C21H17N3O3S/c1-12-10-13(2)18-16(11-12)23-20(27-18)14-5-7-15(8-6-14)22-21(28)24-19(25)17-4-3-9-26-17/h3-11H,1-2H3,(H2,22,24,25,28). The molecule has 28 heavy (non-hydrogen) atoms. The number of aromatic nitrogens is 1. The molecular weight excluding hydrogens is 374 g/mol. The van der Waals surface area contributed by atoms with Crippen LogP contribution in [0.5, 0.6) is 0 Å². The maximum atomic E-state index is 11.9. The molecule has 0 aliphatic heterocycles. The molecule has 0 atom stereocenters. The lowest BCUT2D eigenvalue weighted by Crippen LogP contribution is -2.33. The fourth-order valence-corrected chi connectivity index (χ4v) is 3.14. The number of thiocarbonyl (C=S) groups is 1. The minimum atomic E-state index is -0.406. The lowest BCUT2D eigenvalue weighted by Gasteiger charge is -2.08. The Balaban J connectivity index is 1.47. The normalized spacial score (nSPS) is 10.8. The maximum absolute atomic E-state index is 11.9. The van der Waals surface area contributed by atoms with Crippen LogP contribution in [0.25, 0.3) is 22.6 Å². The van der Waals surface area contributed by atoms with Gasteiger partial charge in [0.1, 0.15) is 5.52 Å². The highest BCUT2D eigenvalue weighted by molar-refractivity contribution is 7.80. The number of anilines is 1. The number of rotatable bonds is 3. The second-order valence-electron chi connectivity index (χ2n) is 6.41. The summed E-state index contributed by atoms with van der Waals surface area (Å²) in [6.45, 7) is 4.05. The summed E-state index contributed by atoms with van der Waals surface area (Å²) >= 11 is 5.17. The Kier molecular flexibility index (Phi) is 4.67. The van der Waals surface area contributed by atoms with Gasteiger partial charge in [0.15, 0.2) is 16.5 Å². The molecule has 1 amide bonds. The number of carbonyl (C=O) groups is 1. The number of benzene rings is 2. The zero-order valence-corrected chi connectivity index (χ0v) is 16.1. The first-order chi connectivity index (χ1) is 13.5. The van der Waals surface area contributed by atoms with E-state index in [-0.39, 0.29) is 10.9 Å². The van der Waals surface area contributed by atoms with Crippen molar-refractivity contribution in [2.24, 2.45) is 0 Å². The predicted molar refractivity (Wildman–Crippen MR) is 111 cm³/mol. The van der Waals surface area contributed by atoms with Crippen molar-refractivity contribution >= 4 is 40.0 Å². The number of carbonyl (C=O) groups excluding carboxylic acids is 1. The minimum absolute atomic E-state index is 0.183. The molecule has 6 nitrogen and oxygen atoms in total. The van der Waals surface area contributed by atoms with Crippen molar-refractivity contribution in [2.75, 3.05) is 5.32 Å². The Hall–Kier alpha value is -3.45. The van der Waals surface area contributed by atoms with E-state index in [1.54, 1.807) is 12.1 Å². The van der Waals surface area contributed by atoms with Crippen LogP contribution in [0.1, 0.15) is 21.7 Å². The highest BCUT2D eigenvalue weighted by Crippen LogP contribution is 2.28. The molecule has 0 unspecified atom stereocenters. The molecular formula is C21H17N3O3S. The van der Waals surface area contributed by atoms with Crippen molar-refractivity contribution in [3.05, 3.63) is 71.7 Å². The molecule has 0 fully saturated rings. The van der Waals surface area contributed by atoms with Gasteiger partial charge in [0, 0.05) is 11.3 Å². The molecule has 0 aliphatic rings. The molecule has 0 saturated carbocycles. The highest BCUT2D eigenvalue weighted by Gasteiger charge is 2.12. The van der Waals surface area contributed by atoms with Crippen LogP contribution in [0, 0.1) is 13.8 Å². The molecule has 0 saturated heterocycles. The van der Waals surface area contributed by atoms with E-state index in [4.69, 9.17) is 21.1 Å². The molecule has 0 spiro atoms. The van der Waals surface area contributed by atoms with Gasteiger partial charge in [-0.15, -0.1) is 0 Å². The summed E-state index contributed by atoms with van der Waals surface area (Å²) in [5.41, 5.74) is 5.43. The van der Waals surface area contributed by atoms with Gasteiger partial charge < -0.3 is 14.2 Å². The quantitative estimate of drug-likeness (QED) is 0.487. The van der Waals surface area contributed by atoms with E-state index in [0.717, 1.165) is 33.5 Å². The van der Waals surface area contributed by atoms with Crippen LogP contribution < -0.4 is 10.6 Å². The number of furan rings is 1. The fraction of sp³-hybridized carbons (Fsp3) is 0.0952. The Morgan fingerprint density at radius 3 is 2.61 bits per heavy atom. The number of hydrogen-bond donors (Lipinski definition) is 2. The first-order valence-corrected chi connectivity index (χ1v) is 9.04. The second kappa shape index (κ2) is 7.28. The minimum Gasteiger partial charge on any atom is -0.459 e. The van der Waals surface area contributed by atoms with E-state index >= 15 is 0 Å². The fourth-order valence-electron chi connectivity index (χ4n) is 2.93. The topological polar surface area (TPSA) is 80.3 Å². The summed E-state index contributed by atoms with van der Waals surface area (Å²) in [6.07, 6.45) is 1.43. The molecule has 2 aromatic carbocycles. The van der Waals surface area contributed by atoms with Gasteiger partial charge in [-0.05, 0) is 79.7 Å². The summed E-state index contributed by atoms with van der Waals surface area (Å²) in [7, 11) is 0. The van der Waals surface area contributed by atoms with E-state index < -0.39 is 5.91 Å². The average Bonchev–Trinajstić information content (AvgIpc) is 3.32. The molecule has 0 radical (unpaired) electrons. The van der Waals surface area contributed by atoms with Crippen molar-refractivity contribution in [3.8, 4) is 11.5 Å². The zero-order chi connectivity index (χ0) is 19.7. The van der Waals surface area contributed by atoms with Crippen LogP contribution in [0.4, 0.5) is 5.69 Å². The lowest BCUT2D eigenvalue weighted by molar-refractivity contribution is 0.0950. The average molecular weight is 391 g/mol. The molecule has 2 N–H and O–H groups in total. The summed E-state index contributed by atoms with van der Waals surface area (Å²) in [5, 5.41) is 5.71. The Bertz CT molecular complexity index is 1160. The van der Waals surface area contributed by atoms with E-state index in [0.29, 0.717) is 5.89 Å². The van der Waals surface area contributed by atoms with Gasteiger partial charge in [-0.1, -0.05) is 6.07 Å². The number of nitrogens with one attached hydrogen (secondary N) is 2. The van der Waals surface area contributed by atoms with Crippen LogP contribution in [0.3, 0.4) is 0 Å². The first-order valence-electron chi connectivity index (χ1n) is 8.63. The smallest absolute Gasteiger partial charge is 0.293 e. The van der Waals surface area contributed by atoms with E-state index in [1.165, 1.54) is 6.26 Å². The van der Waals surface area contributed by atoms with Gasteiger partial charge >= 0.3 is 0 Å². The number of amides is 1. The number of fused-ring (bicyclic) bond motifs is 1. The van der Waals surface area contributed by atoms with Gasteiger partial charge in [0.2, 0.25) is 5.89 Å². The van der Waals surface area contributed by atoms with E-state index in [9.17, 15) is 4.79 Å². The van der Waals surface area contributed by atoms with Crippen LogP contribution in [-0.2, 0) is 0 Å². The summed E-state index contributed by atoms with van der Waals surface area (Å²) in [4.78, 5) is 16.5. The molecule has 7 heteroatoms. The van der Waals surface area contributed by atoms with Crippen LogP contribution in [-0.4, -0.2) is 16.0 Å². The van der Waals surface area contributed by atoms with Crippen molar-refractivity contribution in [1.29, 1.82) is 0 Å². The number of aryl methyl sites for hydroxylation is 2. The summed E-state index contributed by atoms with van der Waals surface area (Å²) in [6, 6.07) is 14.7. The lowest BCUT2D eigenvalue weighted by atomic mass is 10.1. The zero-order valence-electron chi connectivity index (χ0n) is 15.3. The van der Waals surface area contributed by atoms with Crippen LogP contribution in [0.15, 0.2) is 63.6 Å². The van der Waals surface area contributed by atoms with Gasteiger partial charge in [-0.2, -0.15) is 0 Å². The number of nitrogens with zero attached hydrogens (tertiary/aromatic N) is 1. The van der Waals surface area contributed by atoms with Crippen molar-refractivity contribution in [1.82, 2.24) is 10.3 Å². The van der Waals surface area contributed by atoms with Gasteiger partial charge in [0.25, 0.3) is 5.91 Å². The van der Waals surface area contributed by atoms with E-state index in [1.807, 2.05) is 44.2 Å². The molecule has 0 aliphatic carbocycles. The molecule has 4 rings (SSSR count). The van der Waals surface area contributed by atoms with Gasteiger partial charge in [-0.25, -0.2) is 4.98 Å². The van der Waals surface area contributed by atoms with Crippen molar-refractivity contribution in [2.45, 2.75) is 13.8 Å². The van der Waals surface area contributed by atoms with Gasteiger partial charge in [-0.3, -0.25) is 10.1 Å². The molecule has 0 bridgehead atoms. The third-order valence-corrected chi connectivity index (χ3v) is 4.39. The SMILES string of the molecule is Cc1cc(C)c2oc(-c3ccc(NC(=S)NC(=O)c4ccco4)cc3)nc2c1. The molecule has 4 aromatic rings. The third kappa shape index (κ3) is 3.65. The van der Waals surface area contributed by atoms with Crippen LogP contribution >= 0.6 is 12.2 Å². The van der Waals surface area contributed by atoms with Crippen molar-refractivity contribution in [3.63, 3.8) is 0 Å². The largest absolute Gasteiger partial charge is 0.459 e. The predicted octanol–water partition coefficient (Wildman–Crippen LogP) is 4.83. The monoisotopic (exact) mass is 391 g/mol. The molecule has 2 aromatic heterocycles. The van der Waals surface area contributed by atoms with Crippen LogP contribution in [0.2, 0.25) is 0 Å². The van der Waals surface area contributed by atoms with Crippen molar-refractivity contribution < 1.29 is 13.6 Å². The summed E-state index contributed by atoms with van der Waals surface area (Å²) < 4.78 is 11.0. The molecule has 2 heterocycles. The Morgan fingerprint density at radius 2 is 1.89 bits per heavy atom.